The van der Waals surface area contributed by atoms with Gasteiger partial charge >= 0.3 is 0 Å². The molecule has 2 aromatic rings. The van der Waals surface area contributed by atoms with Crippen molar-refractivity contribution in [1.82, 2.24) is 9.97 Å². The van der Waals surface area contributed by atoms with Crippen LogP contribution < -0.4 is 10.1 Å². The monoisotopic (exact) mass is 254 g/mol. The molecule has 0 atom stereocenters. The number of rotatable bonds is 5. The van der Waals surface area contributed by atoms with Gasteiger partial charge < -0.3 is 10.1 Å². The molecule has 0 bridgehead atoms. The maximum Gasteiger partial charge on any atom is 0.222 e. The zero-order valence-electron chi connectivity index (χ0n) is 10.6. The third kappa shape index (κ3) is 3.19. The van der Waals surface area contributed by atoms with Gasteiger partial charge in [0.15, 0.2) is 0 Å². The number of nitrogens with one attached hydrogen (secondary N) is 1. The molecule has 1 aromatic heterocycles. The smallest absolute Gasteiger partial charge is 0.222 e. The van der Waals surface area contributed by atoms with Gasteiger partial charge in [-0.25, -0.2) is 9.97 Å². The van der Waals surface area contributed by atoms with E-state index in [9.17, 15) is 0 Å². The van der Waals surface area contributed by atoms with Crippen LogP contribution in [0.3, 0.4) is 0 Å². The lowest BCUT2D eigenvalue weighted by molar-refractivity contribution is 0.416. The summed E-state index contributed by atoms with van der Waals surface area (Å²) in [5.74, 6) is 1.31. The summed E-state index contributed by atoms with van der Waals surface area (Å²) >= 11 is 0. The summed E-state index contributed by atoms with van der Waals surface area (Å²) in [6, 6.07) is 9.77. The number of benzene rings is 1. The van der Waals surface area contributed by atoms with Gasteiger partial charge in [0.1, 0.15) is 5.75 Å². The van der Waals surface area contributed by atoms with Crippen molar-refractivity contribution < 1.29 is 4.74 Å². The van der Waals surface area contributed by atoms with E-state index in [1.807, 2.05) is 24.3 Å². The Balaban J connectivity index is 2.16. The first-order valence-electron chi connectivity index (χ1n) is 5.91. The zero-order chi connectivity index (χ0) is 13.5. The molecule has 0 fully saturated rings. The van der Waals surface area contributed by atoms with Crippen LogP contribution >= 0.6 is 0 Å². The maximum absolute atomic E-state index is 8.45. The van der Waals surface area contributed by atoms with Crippen LogP contribution in [-0.2, 0) is 0 Å². The summed E-state index contributed by atoms with van der Waals surface area (Å²) in [4.78, 5) is 8.43. The van der Waals surface area contributed by atoms with Crippen molar-refractivity contribution in [3.05, 3.63) is 36.7 Å². The molecule has 96 valence electrons. The lowest BCUT2D eigenvalue weighted by atomic mass is 10.1. The number of hydrogen-bond acceptors (Lipinski definition) is 5. The standard InChI is InChI=1S/C14H14N4O/c1-19-13-6-3-2-5-12(13)11-9-17-14(18-10-11)16-8-4-7-15/h2-3,5-6,9-10H,4,8H2,1H3,(H,16,17,18). The summed E-state index contributed by atoms with van der Waals surface area (Å²) < 4.78 is 5.30. The van der Waals surface area contributed by atoms with Gasteiger partial charge in [-0.15, -0.1) is 0 Å². The number of methoxy groups -OCH3 is 1. The van der Waals surface area contributed by atoms with Crippen LogP contribution in [-0.4, -0.2) is 23.6 Å². The van der Waals surface area contributed by atoms with Crippen molar-refractivity contribution in [3.63, 3.8) is 0 Å². The predicted molar refractivity (Wildman–Crippen MR) is 72.7 cm³/mol. The second-order valence-corrected chi connectivity index (χ2v) is 3.83. The number of anilines is 1. The summed E-state index contributed by atoms with van der Waals surface area (Å²) in [5, 5.41) is 11.4. The first-order chi connectivity index (χ1) is 9.35. The van der Waals surface area contributed by atoms with E-state index in [2.05, 4.69) is 21.4 Å². The SMILES string of the molecule is COc1ccccc1-c1cnc(NCCC#N)nc1. The molecule has 5 nitrogen and oxygen atoms in total. The molecule has 19 heavy (non-hydrogen) atoms. The van der Waals surface area contributed by atoms with Gasteiger partial charge in [-0.05, 0) is 6.07 Å². The molecule has 0 spiro atoms. The Morgan fingerprint density at radius 1 is 1.26 bits per heavy atom. The summed E-state index contributed by atoms with van der Waals surface area (Å²) in [7, 11) is 1.64. The predicted octanol–water partition coefficient (Wildman–Crippen LogP) is 2.48. The Bertz CT molecular complexity index is 575. The molecule has 0 unspecified atom stereocenters. The molecule has 0 radical (unpaired) electrons. The highest BCUT2D eigenvalue weighted by atomic mass is 16.5. The van der Waals surface area contributed by atoms with Crippen molar-refractivity contribution in [3.8, 4) is 22.9 Å². The molecule has 0 saturated carbocycles. The van der Waals surface area contributed by atoms with E-state index in [1.165, 1.54) is 0 Å². The van der Waals surface area contributed by atoms with E-state index >= 15 is 0 Å². The van der Waals surface area contributed by atoms with E-state index in [4.69, 9.17) is 10.00 Å². The lowest BCUT2D eigenvalue weighted by Crippen LogP contribution is -2.04. The molecule has 1 heterocycles. The number of nitriles is 1. The summed E-state index contributed by atoms with van der Waals surface area (Å²) in [6.07, 6.45) is 3.90. The third-order valence-corrected chi connectivity index (χ3v) is 2.59. The maximum atomic E-state index is 8.45. The fraction of sp³-hybridized carbons (Fsp3) is 0.214. The largest absolute Gasteiger partial charge is 0.496 e. The minimum absolute atomic E-state index is 0.428. The minimum Gasteiger partial charge on any atom is -0.496 e. The third-order valence-electron chi connectivity index (χ3n) is 2.59. The summed E-state index contributed by atoms with van der Waals surface area (Å²) in [6.45, 7) is 0.546. The topological polar surface area (TPSA) is 70.8 Å². The van der Waals surface area contributed by atoms with Crippen molar-refractivity contribution in [2.45, 2.75) is 6.42 Å². The molecule has 0 aliphatic rings. The van der Waals surface area contributed by atoms with Crippen molar-refractivity contribution in [1.29, 1.82) is 5.26 Å². The van der Waals surface area contributed by atoms with Crippen LogP contribution in [0.5, 0.6) is 5.75 Å². The molecule has 1 aromatic carbocycles. The lowest BCUT2D eigenvalue weighted by Gasteiger charge is -2.08. The first kappa shape index (κ1) is 12.8. The Hall–Kier alpha value is -2.61. The van der Waals surface area contributed by atoms with Gasteiger partial charge in [-0.2, -0.15) is 5.26 Å². The molecule has 0 aliphatic heterocycles. The van der Waals surface area contributed by atoms with Gasteiger partial charge in [-0.3, -0.25) is 0 Å². The quantitative estimate of drug-likeness (QED) is 0.830. The molecular formula is C14H14N4O. The van der Waals surface area contributed by atoms with E-state index in [-0.39, 0.29) is 0 Å². The Morgan fingerprint density at radius 2 is 2.00 bits per heavy atom. The van der Waals surface area contributed by atoms with E-state index in [0.29, 0.717) is 18.9 Å². The molecule has 1 N–H and O–H groups in total. The number of para-hydroxylation sites is 1. The average Bonchev–Trinajstić information content (AvgIpc) is 2.48. The van der Waals surface area contributed by atoms with Gasteiger partial charge in [-0.1, -0.05) is 18.2 Å². The highest BCUT2D eigenvalue weighted by Crippen LogP contribution is 2.28. The Labute approximate surface area is 111 Å². The zero-order valence-corrected chi connectivity index (χ0v) is 10.6. The van der Waals surface area contributed by atoms with Crippen LogP contribution in [0.1, 0.15) is 6.42 Å². The second-order valence-electron chi connectivity index (χ2n) is 3.83. The Morgan fingerprint density at radius 3 is 2.68 bits per heavy atom. The van der Waals surface area contributed by atoms with E-state index in [0.717, 1.165) is 16.9 Å². The van der Waals surface area contributed by atoms with Crippen molar-refractivity contribution >= 4 is 5.95 Å². The fourth-order valence-corrected chi connectivity index (χ4v) is 1.67. The van der Waals surface area contributed by atoms with Gasteiger partial charge in [0.25, 0.3) is 0 Å². The van der Waals surface area contributed by atoms with E-state index in [1.54, 1.807) is 19.5 Å². The van der Waals surface area contributed by atoms with E-state index < -0.39 is 0 Å². The van der Waals surface area contributed by atoms with Gasteiger partial charge in [0.05, 0.1) is 19.6 Å². The fourth-order valence-electron chi connectivity index (χ4n) is 1.67. The highest BCUT2D eigenvalue weighted by Gasteiger charge is 2.05. The van der Waals surface area contributed by atoms with Crippen LogP contribution in [0.25, 0.3) is 11.1 Å². The van der Waals surface area contributed by atoms with Crippen LogP contribution in [0, 0.1) is 11.3 Å². The van der Waals surface area contributed by atoms with Crippen LogP contribution in [0.15, 0.2) is 36.7 Å². The number of hydrogen-bond donors (Lipinski definition) is 1. The molecule has 2 rings (SSSR count). The van der Waals surface area contributed by atoms with Gasteiger partial charge in [0.2, 0.25) is 5.95 Å². The number of aromatic nitrogens is 2. The summed E-state index contributed by atoms with van der Waals surface area (Å²) in [5.41, 5.74) is 1.84. The molecular weight excluding hydrogens is 240 g/mol. The number of nitrogens with zero attached hydrogens (tertiary/aromatic N) is 3. The molecule has 0 saturated heterocycles. The van der Waals surface area contributed by atoms with Crippen LogP contribution in [0.4, 0.5) is 5.95 Å². The molecule has 5 heteroatoms. The minimum atomic E-state index is 0.428. The van der Waals surface area contributed by atoms with Crippen molar-refractivity contribution in [2.75, 3.05) is 19.0 Å². The van der Waals surface area contributed by atoms with Gasteiger partial charge in [0, 0.05) is 30.1 Å². The number of ether oxygens (including phenoxy) is 1. The Kier molecular flexibility index (Phi) is 4.29. The molecule has 0 amide bonds. The normalized spacial score (nSPS) is 9.68. The first-order valence-corrected chi connectivity index (χ1v) is 5.91. The van der Waals surface area contributed by atoms with Crippen LogP contribution in [0.2, 0.25) is 0 Å². The molecule has 0 aliphatic carbocycles. The average molecular weight is 254 g/mol. The highest BCUT2D eigenvalue weighted by molar-refractivity contribution is 5.69. The second kappa shape index (κ2) is 6.36. The van der Waals surface area contributed by atoms with Crippen molar-refractivity contribution in [2.24, 2.45) is 0 Å².